The Morgan fingerprint density at radius 1 is 1.32 bits per heavy atom. The maximum absolute atomic E-state index is 10.1. The number of allylic oxidation sites excluding steroid dienone is 2. The Kier molecular flexibility index (Phi) is 7.62. The van der Waals surface area contributed by atoms with Gasteiger partial charge in [0.05, 0.1) is 25.2 Å². The second-order valence-electron chi connectivity index (χ2n) is 4.13. The molecule has 19 heavy (non-hydrogen) atoms. The molecule has 5 nitrogen and oxygen atoms in total. The summed E-state index contributed by atoms with van der Waals surface area (Å²) in [6.07, 6.45) is 8.30. The van der Waals surface area contributed by atoms with Crippen LogP contribution in [0.25, 0.3) is 0 Å². The van der Waals surface area contributed by atoms with E-state index < -0.39 is 18.5 Å². The number of hydrogen-bond acceptors (Lipinski definition) is 5. The summed E-state index contributed by atoms with van der Waals surface area (Å²) in [4.78, 5) is 0. The molecule has 1 aliphatic rings. The second kappa shape index (κ2) is 9.01. The van der Waals surface area contributed by atoms with Crippen LogP contribution >= 0.6 is 0 Å². The molecule has 0 spiro atoms. The third kappa shape index (κ3) is 5.26. The molecule has 3 N–H and O–H groups in total. The van der Waals surface area contributed by atoms with Gasteiger partial charge in [0.15, 0.2) is 6.29 Å². The van der Waals surface area contributed by atoms with Crippen molar-refractivity contribution in [2.24, 2.45) is 5.92 Å². The molecule has 0 unspecified atom stereocenters. The van der Waals surface area contributed by atoms with Crippen LogP contribution in [0.4, 0.5) is 0 Å². The van der Waals surface area contributed by atoms with Crippen molar-refractivity contribution in [3.05, 3.63) is 36.5 Å². The molecule has 0 radical (unpaired) electrons. The van der Waals surface area contributed by atoms with Crippen molar-refractivity contribution < 1.29 is 24.8 Å². The van der Waals surface area contributed by atoms with Gasteiger partial charge in [-0.15, -0.1) is 0 Å². The predicted molar refractivity (Wildman–Crippen MR) is 71.4 cm³/mol. The quantitative estimate of drug-likeness (QED) is 0.460. The lowest BCUT2D eigenvalue weighted by atomic mass is 9.97. The van der Waals surface area contributed by atoms with Gasteiger partial charge in [0.25, 0.3) is 0 Å². The molecular weight excluding hydrogens is 248 g/mol. The van der Waals surface area contributed by atoms with E-state index in [0.29, 0.717) is 6.61 Å². The molecule has 0 aliphatic carbocycles. The van der Waals surface area contributed by atoms with E-state index in [0.717, 1.165) is 0 Å². The summed E-state index contributed by atoms with van der Waals surface area (Å²) in [5.41, 5.74) is 0. The standard InChI is InChI=1S/C14H22O5/c1-2-18-14-12(8-7-11(10-16)19-14)13(17)6-4-3-5-9-15/h3-8,11-17H,2,9-10H2,1H3/b5-3+,6-4-/t11-,12+,13-,14-/m1/s1. The average molecular weight is 270 g/mol. The van der Waals surface area contributed by atoms with Crippen LogP contribution in [0, 0.1) is 5.92 Å². The molecule has 0 aromatic carbocycles. The summed E-state index contributed by atoms with van der Waals surface area (Å²) in [7, 11) is 0. The molecule has 0 saturated carbocycles. The SMILES string of the molecule is CCO[C@@H]1O[C@@H](CO)C=C[C@H]1[C@H](O)/C=C\C=C\CO. The summed E-state index contributed by atoms with van der Waals surface area (Å²) >= 11 is 0. The zero-order valence-corrected chi connectivity index (χ0v) is 11.1. The molecule has 1 heterocycles. The lowest BCUT2D eigenvalue weighted by Crippen LogP contribution is -2.40. The van der Waals surface area contributed by atoms with Crippen molar-refractivity contribution in [1.29, 1.82) is 0 Å². The van der Waals surface area contributed by atoms with Gasteiger partial charge in [0.2, 0.25) is 0 Å². The first-order valence-corrected chi connectivity index (χ1v) is 6.41. The molecule has 0 aromatic heterocycles. The van der Waals surface area contributed by atoms with Crippen LogP contribution < -0.4 is 0 Å². The van der Waals surface area contributed by atoms with Gasteiger partial charge in [0, 0.05) is 6.61 Å². The van der Waals surface area contributed by atoms with Crippen molar-refractivity contribution >= 4 is 0 Å². The summed E-state index contributed by atoms with van der Waals surface area (Å²) < 4.78 is 11.0. The Labute approximate surface area is 113 Å². The molecule has 1 rings (SSSR count). The van der Waals surface area contributed by atoms with Crippen molar-refractivity contribution in [2.75, 3.05) is 19.8 Å². The van der Waals surface area contributed by atoms with E-state index in [1.165, 1.54) is 0 Å². The van der Waals surface area contributed by atoms with Gasteiger partial charge in [-0.2, -0.15) is 0 Å². The summed E-state index contributed by atoms with van der Waals surface area (Å²) in [6.45, 7) is 2.16. The number of hydrogen-bond donors (Lipinski definition) is 3. The Morgan fingerprint density at radius 2 is 2.11 bits per heavy atom. The van der Waals surface area contributed by atoms with Gasteiger partial charge >= 0.3 is 0 Å². The Bertz CT molecular complexity index is 324. The zero-order valence-electron chi connectivity index (χ0n) is 11.1. The highest BCUT2D eigenvalue weighted by Gasteiger charge is 2.31. The monoisotopic (exact) mass is 270 g/mol. The minimum absolute atomic E-state index is 0.0351. The Hall–Kier alpha value is -0.980. The van der Waals surface area contributed by atoms with Gasteiger partial charge in [-0.3, -0.25) is 0 Å². The number of ether oxygens (including phenoxy) is 2. The first-order valence-electron chi connectivity index (χ1n) is 6.41. The van der Waals surface area contributed by atoms with Crippen LogP contribution in [0.15, 0.2) is 36.5 Å². The highest BCUT2D eigenvalue weighted by Crippen LogP contribution is 2.23. The largest absolute Gasteiger partial charge is 0.393 e. The maximum atomic E-state index is 10.1. The average Bonchev–Trinajstić information content (AvgIpc) is 2.43. The molecule has 1 aliphatic heterocycles. The van der Waals surface area contributed by atoms with E-state index in [4.69, 9.17) is 19.7 Å². The molecule has 0 aromatic rings. The van der Waals surface area contributed by atoms with Crippen molar-refractivity contribution in [2.45, 2.75) is 25.4 Å². The van der Waals surface area contributed by atoms with Crippen LogP contribution in [0.1, 0.15) is 6.92 Å². The van der Waals surface area contributed by atoms with E-state index >= 15 is 0 Å². The smallest absolute Gasteiger partial charge is 0.167 e. The number of rotatable bonds is 7. The van der Waals surface area contributed by atoms with E-state index in [1.54, 1.807) is 36.5 Å². The molecule has 0 fully saturated rings. The third-order valence-electron chi connectivity index (χ3n) is 2.74. The Morgan fingerprint density at radius 3 is 2.74 bits per heavy atom. The molecule has 5 heteroatoms. The third-order valence-corrected chi connectivity index (χ3v) is 2.74. The zero-order chi connectivity index (χ0) is 14.1. The van der Waals surface area contributed by atoms with Gasteiger partial charge in [-0.25, -0.2) is 0 Å². The first kappa shape index (κ1) is 16.1. The summed E-state index contributed by atoms with van der Waals surface area (Å²) in [5.74, 6) is -0.318. The van der Waals surface area contributed by atoms with E-state index in [2.05, 4.69) is 0 Å². The van der Waals surface area contributed by atoms with Crippen molar-refractivity contribution in [3.63, 3.8) is 0 Å². The number of aliphatic hydroxyl groups excluding tert-OH is 3. The minimum Gasteiger partial charge on any atom is -0.393 e. The molecule has 108 valence electrons. The lowest BCUT2D eigenvalue weighted by molar-refractivity contribution is -0.201. The fourth-order valence-corrected chi connectivity index (χ4v) is 1.79. The predicted octanol–water partition coefficient (Wildman–Crippen LogP) is 0.378. The van der Waals surface area contributed by atoms with Crippen LogP contribution in [0.2, 0.25) is 0 Å². The normalized spacial score (nSPS) is 29.4. The Balaban J connectivity index is 2.66. The molecular formula is C14H22O5. The maximum Gasteiger partial charge on any atom is 0.167 e. The first-order chi connectivity index (χ1) is 9.22. The molecule has 0 saturated heterocycles. The molecule has 4 atom stereocenters. The molecule has 0 bridgehead atoms. The lowest BCUT2D eigenvalue weighted by Gasteiger charge is -2.33. The van der Waals surface area contributed by atoms with Crippen LogP contribution in [0.3, 0.4) is 0 Å². The second-order valence-corrected chi connectivity index (χ2v) is 4.13. The van der Waals surface area contributed by atoms with E-state index in [1.807, 2.05) is 6.92 Å². The fraction of sp³-hybridized carbons (Fsp3) is 0.571. The molecule has 0 amide bonds. The van der Waals surface area contributed by atoms with Gasteiger partial charge in [-0.05, 0) is 6.92 Å². The van der Waals surface area contributed by atoms with Crippen LogP contribution in [0.5, 0.6) is 0 Å². The topological polar surface area (TPSA) is 79.2 Å². The highest BCUT2D eigenvalue weighted by molar-refractivity contribution is 5.10. The fourth-order valence-electron chi connectivity index (χ4n) is 1.79. The van der Waals surface area contributed by atoms with Crippen molar-refractivity contribution in [3.8, 4) is 0 Å². The van der Waals surface area contributed by atoms with Gasteiger partial charge in [-0.1, -0.05) is 36.5 Å². The van der Waals surface area contributed by atoms with Gasteiger partial charge < -0.3 is 24.8 Å². The highest BCUT2D eigenvalue weighted by atomic mass is 16.7. The van der Waals surface area contributed by atoms with Gasteiger partial charge in [0.1, 0.15) is 6.10 Å². The van der Waals surface area contributed by atoms with Crippen LogP contribution in [-0.4, -0.2) is 53.6 Å². The van der Waals surface area contributed by atoms with Crippen molar-refractivity contribution in [1.82, 2.24) is 0 Å². The summed E-state index contributed by atoms with van der Waals surface area (Å²) in [5, 5.41) is 27.7. The van der Waals surface area contributed by atoms with E-state index in [9.17, 15) is 5.11 Å². The summed E-state index contributed by atoms with van der Waals surface area (Å²) in [6, 6.07) is 0. The van der Waals surface area contributed by atoms with E-state index in [-0.39, 0.29) is 19.1 Å². The number of aliphatic hydroxyl groups is 3. The van der Waals surface area contributed by atoms with Crippen LogP contribution in [-0.2, 0) is 9.47 Å². The minimum atomic E-state index is -0.754.